The van der Waals surface area contributed by atoms with E-state index in [9.17, 15) is 9.59 Å². The highest BCUT2D eigenvalue weighted by Crippen LogP contribution is 2.31. The second-order valence-electron chi connectivity index (χ2n) is 5.22. The molecular formula is C18H17NO3. The molecule has 0 fully saturated rings. The Kier molecular flexibility index (Phi) is 3.92. The number of anilines is 1. The van der Waals surface area contributed by atoms with Crippen molar-refractivity contribution in [2.45, 2.75) is 12.8 Å². The van der Waals surface area contributed by atoms with E-state index in [1.54, 1.807) is 29.2 Å². The smallest absolute Gasteiger partial charge is 0.338 e. The predicted molar refractivity (Wildman–Crippen MR) is 84.2 cm³/mol. The summed E-state index contributed by atoms with van der Waals surface area (Å²) in [5.41, 5.74) is 2.90. The molecule has 0 atom stereocenters. The summed E-state index contributed by atoms with van der Waals surface area (Å²) >= 11 is 0. The Hall–Kier alpha value is -2.62. The van der Waals surface area contributed by atoms with Gasteiger partial charge in [-0.05, 0) is 42.7 Å². The highest BCUT2D eigenvalue weighted by Gasteiger charge is 2.26. The normalized spacial score (nSPS) is 13.4. The van der Waals surface area contributed by atoms with Crippen molar-refractivity contribution >= 4 is 17.6 Å². The maximum atomic E-state index is 12.7. The zero-order chi connectivity index (χ0) is 15.5. The van der Waals surface area contributed by atoms with Gasteiger partial charge in [0, 0.05) is 17.8 Å². The lowest BCUT2D eigenvalue weighted by molar-refractivity contribution is 0.0599. The standard InChI is InChI=1S/C18H17NO3/c1-22-18(21)15-9-5-11-16-14(15)10-6-12-19(16)17(20)13-7-3-2-4-8-13/h2-5,7-9,11H,6,10,12H2,1H3. The number of esters is 1. The Balaban J connectivity index is 2.02. The summed E-state index contributed by atoms with van der Waals surface area (Å²) in [6.07, 6.45) is 1.61. The summed E-state index contributed by atoms with van der Waals surface area (Å²) in [6, 6.07) is 14.6. The fourth-order valence-corrected chi connectivity index (χ4v) is 2.87. The topological polar surface area (TPSA) is 46.6 Å². The summed E-state index contributed by atoms with van der Waals surface area (Å²) in [5.74, 6) is -0.394. The molecule has 0 N–H and O–H groups in total. The van der Waals surface area contributed by atoms with Crippen molar-refractivity contribution in [2.75, 3.05) is 18.6 Å². The van der Waals surface area contributed by atoms with Crippen LogP contribution in [0, 0.1) is 0 Å². The number of fused-ring (bicyclic) bond motifs is 1. The number of ether oxygens (including phenoxy) is 1. The van der Waals surface area contributed by atoms with Crippen molar-refractivity contribution in [3.05, 3.63) is 65.2 Å². The molecule has 0 bridgehead atoms. The molecule has 4 heteroatoms. The zero-order valence-corrected chi connectivity index (χ0v) is 12.4. The van der Waals surface area contributed by atoms with Gasteiger partial charge >= 0.3 is 5.97 Å². The van der Waals surface area contributed by atoms with Crippen molar-refractivity contribution < 1.29 is 14.3 Å². The van der Waals surface area contributed by atoms with Gasteiger partial charge in [-0.1, -0.05) is 24.3 Å². The Morgan fingerprint density at radius 3 is 2.55 bits per heavy atom. The van der Waals surface area contributed by atoms with Crippen LogP contribution in [0.3, 0.4) is 0 Å². The molecule has 0 aliphatic carbocycles. The average molecular weight is 295 g/mol. The third kappa shape index (κ3) is 2.48. The molecule has 2 aromatic rings. The van der Waals surface area contributed by atoms with Crippen molar-refractivity contribution in [3.63, 3.8) is 0 Å². The van der Waals surface area contributed by atoms with Gasteiger partial charge in [0.2, 0.25) is 0 Å². The molecule has 1 aliphatic heterocycles. The van der Waals surface area contributed by atoms with Crippen molar-refractivity contribution in [3.8, 4) is 0 Å². The number of benzene rings is 2. The Labute approximate surface area is 129 Å². The molecule has 0 saturated heterocycles. The van der Waals surface area contributed by atoms with Gasteiger partial charge in [-0.2, -0.15) is 0 Å². The minimum absolute atomic E-state index is 0.0384. The monoisotopic (exact) mass is 295 g/mol. The number of hydrogen-bond acceptors (Lipinski definition) is 3. The van der Waals surface area contributed by atoms with E-state index in [1.165, 1.54) is 7.11 Å². The first kappa shape index (κ1) is 14.3. The SMILES string of the molecule is COC(=O)c1cccc2c1CCCN2C(=O)c1ccccc1. The number of carbonyl (C=O) groups is 2. The van der Waals surface area contributed by atoms with Gasteiger partial charge in [0.15, 0.2) is 0 Å². The molecule has 1 amide bonds. The number of hydrogen-bond donors (Lipinski definition) is 0. The van der Waals surface area contributed by atoms with E-state index in [-0.39, 0.29) is 11.9 Å². The van der Waals surface area contributed by atoms with E-state index in [4.69, 9.17) is 4.74 Å². The van der Waals surface area contributed by atoms with E-state index in [0.717, 1.165) is 24.1 Å². The van der Waals surface area contributed by atoms with Crippen molar-refractivity contribution in [1.29, 1.82) is 0 Å². The van der Waals surface area contributed by atoms with Crippen molar-refractivity contribution in [1.82, 2.24) is 0 Å². The summed E-state index contributed by atoms with van der Waals surface area (Å²) in [5, 5.41) is 0. The number of amides is 1. The van der Waals surface area contributed by atoms with Crippen LogP contribution in [0.4, 0.5) is 5.69 Å². The van der Waals surface area contributed by atoms with Crippen LogP contribution in [0.1, 0.15) is 32.7 Å². The second kappa shape index (κ2) is 6.02. The lowest BCUT2D eigenvalue weighted by Crippen LogP contribution is -2.36. The molecular weight excluding hydrogens is 278 g/mol. The van der Waals surface area contributed by atoms with Gasteiger partial charge in [0.25, 0.3) is 5.91 Å². The fourth-order valence-electron chi connectivity index (χ4n) is 2.87. The highest BCUT2D eigenvalue weighted by atomic mass is 16.5. The number of rotatable bonds is 2. The van der Waals surface area contributed by atoms with Crippen LogP contribution >= 0.6 is 0 Å². The van der Waals surface area contributed by atoms with Gasteiger partial charge in [-0.15, -0.1) is 0 Å². The minimum Gasteiger partial charge on any atom is -0.465 e. The van der Waals surface area contributed by atoms with Gasteiger partial charge in [-0.3, -0.25) is 4.79 Å². The van der Waals surface area contributed by atoms with Gasteiger partial charge in [0.05, 0.1) is 12.7 Å². The number of methoxy groups -OCH3 is 1. The molecule has 0 aromatic heterocycles. The molecule has 112 valence electrons. The average Bonchev–Trinajstić information content (AvgIpc) is 2.60. The van der Waals surface area contributed by atoms with Crippen molar-refractivity contribution in [2.24, 2.45) is 0 Å². The van der Waals surface area contributed by atoms with Crippen LogP contribution in [0.5, 0.6) is 0 Å². The van der Waals surface area contributed by atoms with E-state index < -0.39 is 0 Å². The maximum Gasteiger partial charge on any atom is 0.338 e. The van der Waals surface area contributed by atoms with E-state index in [2.05, 4.69) is 0 Å². The highest BCUT2D eigenvalue weighted by molar-refractivity contribution is 6.07. The summed E-state index contributed by atoms with van der Waals surface area (Å²) in [7, 11) is 1.37. The molecule has 22 heavy (non-hydrogen) atoms. The summed E-state index contributed by atoms with van der Waals surface area (Å²) < 4.78 is 4.84. The molecule has 1 aliphatic rings. The van der Waals surface area contributed by atoms with Crippen LogP contribution in [-0.4, -0.2) is 25.5 Å². The Bertz CT molecular complexity index is 710. The van der Waals surface area contributed by atoms with E-state index in [1.807, 2.05) is 24.3 Å². The van der Waals surface area contributed by atoms with Gasteiger partial charge < -0.3 is 9.64 Å². The molecule has 0 spiro atoms. The molecule has 0 radical (unpaired) electrons. The zero-order valence-electron chi connectivity index (χ0n) is 12.4. The molecule has 1 heterocycles. The first-order valence-corrected chi connectivity index (χ1v) is 7.29. The largest absolute Gasteiger partial charge is 0.465 e. The van der Waals surface area contributed by atoms with Crippen LogP contribution in [-0.2, 0) is 11.2 Å². The predicted octanol–water partition coefficient (Wildman–Crippen LogP) is 3.07. The summed E-state index contributed by atoms with van der Waals surface area (Å²) in [4.78, 5) is 26.4. The quantitative estimate of drug-likeness (QED) is 0.800. The van der Waals surface area contributed by atoms with Gasteiger partial charge in [-0.25, -0.2) is 4.79 Å². The second-order valence-corrected chi connectivity index (χ2v) is 5.22. The Morgan fingerprint density at radius 1 is 1.05 bits per heavy atom. The molecule has 0 unspecified atom stereocenters. The fraction of sp³-hybridized carbons (Fsp3) is 0.222. The number of nitrogens with zero attached hydrogens (tertiary/aromatic N) is 1. The van der Waals surface area contributed by atoms with Crippen LogP contribution in [0.25, 0.3) is 0 Å². The third-order valence-corrected chi connectivity index (χ3v) is 3.92. The first-order chi connectivity index (χ1) is 10.7. The summed E-state index contributed by atoms with van der Waals surface area (Å²) in [6.45, 7) is 0.658. The first-order valence-electron chi connectivity index (χ1n) is 7.29. The molecule has 2 aromatic carbocycles. The molecule has 3 rings (SSSR count). The van der Waals surface area contributed by atoms with Crippen LogP contribution in [0.15, 0.2) is 48.5 Å². The van der Waals surface area contributed by atoms with Crippen LogP contribution in [0.2, 0.25) is 0 Å². The van der Waals surface area contributed by atoms with Gasteiger partial charge in [0.1, 0.15) is 0 Å². The van der Waals surface area contributed by atoms with Crippen LogP contribution < -0.4 is 4.90 Å². The molecule has 4 nitrogen and oxygen atoms in total. The van der Waals surface area contributed by atoms with E-state index >= 15 is 0 Å². The maximum absolute atomic E-state index is 12.7. The Morgan fingerprint density at radius 2 is 1.82 bits per heavy atom. The minimum atomic E-state index is -0.356. The lowest BCUT2D eigenvalue weighted by atomic mass is 9.95. The number of carbonyl (C=O) groups excluding carboxylic acids is 2. The van der Waals surface area contributed by atoms with E-state index in [0.29, 0.717) is 17.7 Å². The third-order valence-electron chi connectivity index (χ3n) is 3.92. The molecule has 0 saturated carbocycles. The lowest BCUT2D eigenvalue weighted by Gasteiger charge is -2.30.